The lowest BCUT2D eigenvalue weighted by Crippen LogP contribution is -2.36. The van der Waals surface area contributed by atoms with E-state index in [1.807, 2.05) is 26.0 Å². The summed E-state index contributed by atoms with van der Waals surface area (Å²) in [6.45, 7) is 4.85. The van der Waals surface area contributed by atoms with Crippen LogP contribution in [-0.2, 0) is 16.6 Å². The molecule has 0 bridgehead atoms. The molecule has 1 aliphatic rings. The first-order valence-corrected chi connectivity index (χ1v) is 9.23. The highest BCUT2D eigenvalue weighted by Gasteiger charge is 2.26. The molecule has 118 valence electrons. The van der Waals surface area contributed by atoms with Crippen molar-refractivity contribution in [3.05, 3.63) is 29.8 Å². The Balaban J connectivity index is 2.08. The van der Waals surface area contributed by atoms with Crippen LogP contribution in [0.4, 0.5) is 0 Å². The summed E-state index contributed by atoms with van der Waals surface area (Å²) in [5.74, 6) is 0. The average Bonchev–Trinajstić information content (AvgIpc) is 3.31. The Kier molecular flexibility index (Phi) is 5.41. The summed E-state index contributed by atoms with van der Waals surface area (Å²) in [6, 6.07) is 7.98. The third-order valence-electron chi connectivity index (χ3n) is 4.23. The molecule has 2 rings (SSSR count). The predicted octanol–water partition coefficient (Wildman–Crippen LogP) is 2.75. The van der Waals surface area contributed by atoms with Gasteiger partial charge in [0.2, 0.25) is 10.0 Å². The molecule has 5 heteroatoms. The third kappa shape index (κ3) is 4.05. The minimum absolute atomic E-state index is 0.0613. The zero-order chi connectivity index (χ0) is 15.5. The highest BCUT2D eigenvalue weighted by Crippen LogP contribution is 2.21. The second kappa shape index (κ2) is 6.90. The number of nitrogens with zero attached hydrogens (tertiary/aromatic N) is 1. The molecule has 21 heavy (non-hydrogen) atoms. The van der Waals surface area contributed by atoms with E-state index in [1.165, 1.54) is 17.1 Å². The van der Waals surface area contributed by atoms with E-state index >= 15 is 0 Å². The van der Waals surface area contributed by atoms with Crippen LogP contribution in [0.1, 0.15) is 45.1 Å². The molecule has 0 aromatic heterocycles. The molecule has 4 nitrogen and oxygen atoms in total. The van der Waals surface area contributed by atoms with Gasteiger partial charge in [0, 0.05) is 25.7 Å². The Morgan fingerprint density at radius 3 is 2.24 bits per heavy atom. The van der Waals surface area contributed by atoms with E-state index in [4.69, 9.17) is 0 Å². The van der Waals surface area contributed by atoms with Crippen LogP contribution in [0.15, 0.2) is 29.2 Å². The van der Waals surface area contributed by atoms with Crippen molar-refractivity contribution in [2.75, 3.05) is 7.05 Å². The van der Waals surface area contributed by atoms with Gasteiger partial charge in [0.25, 0.3) is 0 Å². The van der Waals surface area contributed by atoms with Crippen LogP contribution in [0, 0.1) is 0 Å². The van der Waals surface area contributed by atoms with Crippen LogP contribution in [-0.4, -0.2) is 31.9 Å². The molecule has 0 amide bonds. The van der Waals surface area contributed by atoms with Crippen LogP contribution >= 0.6 is 0 Å². The van der Waals surface area contributed by atoms with Gasteiger partial charge >= 0.3 is 0 Å². The lowest BCUT2D eigenvalue weighted by Gasteiger charge is -2.25. The minimum atomic E-state index is -3.39. The van der Waals surface area contributed by atoms with Crippen molar-refractivity contribution < 1.29 is 8.42 Å². The molecule has 0 aliphatic heterocycles. The van der Waals surface area contributed by atoms with Crippen molar-refractivity contribution in [2.24, 2.45) is 0 Å². The number of nitrogens with one attached hydrogen (secondary N) is 1. The summed E-state index contributed by atoms with van der Waals surface area (Å²) in [5.41, 5.74) is 1.13. The highest BCUT2D eigenvalue weighted by atomic mass is 32.2. The number of hydrogen-bond donors (Lipinski definition) is 1. The maximum atomic E-state index is 12.6. The number of sulfonamides is 1. The summed E-state index contributed by atoms with van der Waals surface area (Å²) < 4.78 is 26.7. The topological polar surface area (TPSA) is 49.4 Å². The first kappa shape index (κ1) is 16.5. The molecule has 1 N–H and O–H groups in total. The summed E-state index contributed by atoms with van der Waals surface area (Å²) >= 11 is 0. The smallest absolute Gasteiger partial charge is 0.243 e. The van der Waals surface area contributed by atoms with Crippen molar-refractivity contribution in [1.29, 1.82) is 0 Å². The van der Waals surface area contributed by atoms with Gasteiger partial charge in [0.1, 0.15) is 0 Å². The van der Waals surface area contributed by atoms with Crippen molar-refractivity contribution in [3.63, 3.8) is 0 Å². The molecule has 1 aromatic carbocycles. The number of hydrogen-bond acceptors (Lipinski definition) is 3. The molecule has 0 saturated heterocycles. The summed E-state index contributed by atoms with van der Waals surface area (Å²) in [4.78, 5) is 0.382. The van der Waals surface area contributed by atoms with Gasteiger partial charge in [-0.1, -0.05) is 26.0 Å². The lowest BCUT2D eigenvalue weighted by atomic mass is 10.2. The first-order chi connectivity index (χ1) is 9.98. The summed E-state index contributed by atoms with van der Waals surface area (Å²) in [5, 5.41) is 3.43. The Labute approximate surface area is 128 Å². The first-order valence-electron chi connectivity index (χ1n) is 7.79. The molecular weight excluding hydrogens is 284 g/mol. The van der Waals surface area contributed by atoms with Gasteiger partial charge in [-0.3, -0.25) is 0 Å². The van der Waals surface area contributed by atoms with Crippen LogP contribution in [0.5, 0.6) is 0 Å². The van der Waals surface area contributed by atoms with E-state index in [9.17, 15) is 8.42 Å². The second-order valence-electron chi connectivity index (χ2n) is 5.79. The molecule has 1 fully saturated rings. The van der Waals surface area contributed by atoms with E-state index in [-0.39, 0.29) is 6.04 Å². The van der Waals surface area contributed by atoms with Crippen molar-refractivity contribution in [1.82, 2.24) is 9.62 Å². The van der Waals surface area contributed by atoms with Crippen molar-refractivity contribution in [2.45, 2.75) is 63.1 Å². The largest absolute Gasteiger partial charge is 0.310 e. The van der Waals surface area contributed by atoms with E-state index in [1.54, 1.807) is 19.2 Å². The van der Waals surface area contributed by atoms with E-state index in [2.05, 4.69) is 5.32 Å². The fraction of sp³-hybridized carbons (Fsp3) is 0.625. The van der Waals surface area contributed by atoms with Crippen molar-refractivity contribution >= 4 is 10.0 Å². The zero-order valence-corrected chi connectivity index (χ0v) is 14.0. The molecule has 1 saturated carbocycles. The maximum absolute atomic E-state index is 12.6. The Hall–Kier alpha value is -0.910. The van der Waals surface area contributed by atoms with E-state index in [0.717, 1.165) is 24.9 Å². The number of benzene rings is 1. The standard InChI is InChI=1S/C16H26N2O2S/c1-4-15(5-2)18(3)21(19,20)16-10-6-13(7-11-16)12-17-14-8-9-14/h6-7,10-11,14-15,17H,4-5,8-9,12H2,1-3H3. The fourth-order valence-electron chi connectivity index (χ4n) is 2.49. The van der Waals surface area contributed by atoms with E-state index < -0.39 is 10.0 Å². The molecular formula is C16H26N2O2S. The van der Waals surface area contributed by atoms with Gasteiger partial charge in [0.15, 0.2) is 0 Å². The van der Waals surface area contributed by atoms with Gasteiger partial charge in [-0.2, -0.15) is 4.31 Å². The molecule has 0 heterocycles. The molecule has 0 atom stereocenters. The van der Waals surface area contributed by atoms with Gasteiger partial charge in [-0.25, -0.2) is 8.42 Å². The quantitative estimate of drug-likeness (QED) is 0.803. The monoisotopic (exact) mass is 310 g/mol. The Morgan fingerprint density at radius 2 is 1.76 bits per heavy atom. The molecule has 0 radical (unpaired) electrons. The van der Waals surface area contributed by atoms with Gasteiger partial charge in [0.05, 0.1) is 4.90 Å². The molecule has 0 unspecified atom stereocenters. The van der Waals surface area contributed by atoms with Crippen LogP contribution in [0.2, 0.25) is 0 Å². The van der Waals surface area contributed by atoms with E-state index in [0.29, 0.717) is 10.9 Å². The van der Waals surface area contributed by atoms with Crippen LogP contribution < -0.4 is 5.32 Å². The Bertz CT molecular complexity index is 546. The second-order valence-corrected chi connectivity index (χ2v) is 7.79. The summed E-state index contributed by atoms with van der Waals surface area (Å²) in [7, 11) is -1.71. The lowest BCUT2D eigenvalue weighted by molar-refractivity contribution is 0.349. The zero-order valence-electron chi connectivity index (χ0n) is 13.2. The minimum Gasteiger partial charge on any atom is -0.310 e. The van der Waals surface area contributed by atoms with Gasteiger partial charge in [-0.05, 0) is 43.4 Å². The molecule has 1 aromatic rings. The van der Waals surface area contributed by atoms with Crippen LogP contribution in [0.25, 0.3) is 0 Å². The third-order valence-corrected chi connectivity index (χ3v) is 6.15. The van der Waals surface area contributed by atoms with Crippen molar-refractivity contribution in [3.8, 4) is 0 Å². The fourth-order valence-corrected chi connectivity index (χ4v) is 4.00. The van der Waals surface area contributed by atoms with Crippen LogP contribution in [0.3, 0.4) is 0 Å². The SMILES string of the molecule is CCC(CC)N(C)S(=O)(=O)c1ccc(CNC2CC2)cc1. The number of rotatable bonds is 8. The van der Waals surface area contributed by atoms with Gasteiger partial charge in [-0.15, -0.1) is 0 Å². The normalized spacial score (nSPS) is 15.9. The maximum Gasteiger partial charge on any atom is 0.243 e. The Morgan fingerprint density at radius 1 is 1.19 bits per heavy atom. The molecule has 1 aliphatic carbocycles. The molecule has 0 spiro atoms. The summed E-state index contributed by atoms with van der Waals surface area (Å²) in [6.07, 6.45) is 4.17. The van der Waals surface area contributed by atoms with Gasteiger partial charge < -0.3 is 5.32 Å². The highest BCUT2D eigenvalue weighted by molar-refractivity contribution is 7.89. The predicted molar refractivity (Wildman–Crippen MR) is 85.6 cm³/mol. The average molecular weight is 310 g/mol.